The van der Waals surface area contributed by atoms with Gasteiger partial charge in [0.1, 0.15) is 5.69 Å². The molecule has 2 heterocycles. The minimum absolute atomic E-state index is 0.0684. The molecule has 1 aliphatic carbocycles. The predicted octanol–water partition coefficient (Wildman–Crippen LogP) is 5.81. The van der Waals surface area contributed by atoms with E-state index in [0.29, 0.717) is 11.5 Å². The van der Waals surface area contributed by atoms with Gasteiger partial charge in [-0.1, -0.05) is 42.8 Å². The Kier molecular flexibility index (Phi) is 8.43. The Morgan fingerprint density at radius 2 is 1.90 bits per heavy atom. The molecule has 2 unspecified atom stereocenters. The number of hydrazone groups is 1. The van der Waals surface area contributed by atoms with E-state index in [9.17, 15) is 9.59 Å². The highest BCUT2D eigenvalue weighted by Crippen LogP contribution is 2.35. The molecule has 0 spiro atoms. The van der Waals surface area contributed by atoms with Gasteiger partial charge in [-0.25, -0.2) is 5.01 Å². The van der Waals surface area contributed by atoms with Crippen molar-refractivity contribution in [3.05, 3.63) is 89.2 Å². The minimum Gasteiger partial charge on any atom is -0.493 e. The Balaban J connectivity index is 1.54. The zero-order chi connectivity index (χ0) is 28.1. The third kappa shape index (κ3) is 6.01. The third-order valence-electron chi connectivity index (χ3n) is 7.59. The highest BCUT2D eigenvalue weighted by molar-refractivity contribution is 6.06. The van der Waals surface area contributed by atoms with Gasteiger partial charge >= 0.3 is 0 Å². The van der Waals surface area contributed by atoms with Crippen LogP contribution in [0.4, 0.5) is 0 Å². The molecule has 1 aromatic heterocycles. The second kappa shape index (κ2) is 12.3. The van der Waals surface area contributed by atoms with Crippen molar-refractivity contribution >= 4 is 17.5 Å². The number of hydrogen-bond acceptors (Lipinski definition) is 6. The molecule has 3 aromatic rings. The van der Waals surface area contributed by atoms with Crippen molar-refractivity contribution in [3.63, 3.8) is 0 Å². The normalized spacial score (nSPS) is 18.3. The second-order valence-corrected chi connectivity index (χ2v) is 10.4. The predicted molar refractivity (Wildman–Crippen MR) is 153 cm³/mol. The summed E-state index contributed by atoms with van der Waals surface area (Å²) in [6.45, 7) is 4.04. The topological polar surface area (TPSA) is 93.1 Å². The molecule has 1 aliphatic heterocycles. The van der Waals surface area contributed by atoms with Gasteiger partial charge in [-0.15, -0.1) is 0 Å². The van der Waals surface area contributed by atoms with E-state index in [1.165, 1.54) is 17.9 Å². The molecule has 8 nitrogen and oxygen atoms in total. The molecule has 0 bridgehead atoms. The van der Waals surface area contributed by atoms with Crippen molar-refractivity contribution in [2.45, 2.75) is 64.6 Å². The van der Waals surface area contributed by atoms with E-state index in [2.05, 4.69) is 17.2 Å². The van der Waals surface area contributed by atoms with E-state index < -0.39 is 6.17 Å². The summed E-state index contributed by atoms with van der Waals surface area (Å²) in [7, 11) is 1.64. The zero-order valence-corrected chi connectivity index (χ0v) is 23.3. The minimum atomic E-state index is -0.804. The maximum atomic E-state index is 13.6. The Morgan fingerprint density at radius 3 is 2.60 bits per heavy atom. The SMILES string of the molecule is CCC1CC(=O)N(C(NC(=O)c2ccccn2)c2cccc(C)c2)N=C1c1ccc(OC)c(OC2CCCC2)c1. The number of rotatable bonds is 9. The van der Waals surface area contributed by atoms with Crippen molar-refractivity contribution in [3.8, 4) is 11.5 Å². The van der Waals surface area contributed by atoms with Crippen molar-refractivity contribution in [2.75, 3.05) is 7.11 Å². The summed E-state index contributed by atoms with van der Waals surface area (Å²) in [4.78, 5) is 31.0. The van der Waals surface area contributed by atoms with E-state index in [-0.39, 0.29) is 36.0 Å². The number of benzene rings is 2. The first-order valence-electron chi connectivity index (χ1n) is 14.0. The van der Waals surface area contributed by atoms with E-state index in [0.717, 1.165) is 41.7 Å². The molecular weight excluding hydrogens is 504 g/mol. The number of aryl methyl sites for hydroxylation is 1. The maximum absolute atomic E-state index is 13.6. The summed E-state index contributed by atoms with van der Waals surface area (Å²) in [5, 5.41) is 9.36. The number of amides is 2. The Hall–Kier alpha value is -4.20. The summed E-state index contributed by atoms with van der Waals surface area (Å²) >= 11 is 0. The number of aromatic nitrogens is 1. The molecule has 2 amide bonds. The van der Waals surface area contributed by atoms with Gasteiger partial charge in [0.05, 0.1) is 18.9 Å². The van der Waals surface area contributed by atoms with Crippen molar-refractivity contribution in [2.24, 2.45) is 11.0 Å². The van der Waals surface area contributed by atoms with Crippen LogP contribution in [0.1, 0.15) is 78.8 Å². The van der Waals surface area contributed by atoms with Crippen molar-refractivity contribution in [1.29, 1.82) is 0 Å². The highest BCUT2D eigenvalue weighted by atomic mass is 16.5. The second-order valence-electron chi connectivity index (χ2n) is 10.4. The number of nitrogens with zero attached hydrogens (tertiary/aromatic N) is 3. The lowest BCUT2D eigenvalue weighted by Crippen LogP contribution is -2.46. The molecule has 1 saturated carbocycles. The van der Waals surface area contributed by atoms with Crippen LogP contribution in [0.15, 0.2) is 72.0 Å². The Labute approximate surface area is 235 Å². The van der Waals surface area contributed by atoms with Crippen LogP contribution >= 0.6 is 0 Å². The fraction of sp³-hybridized carbons (Fsp3) is 0.375. The number of carbonyl (C=O) groups is 2. The summed E-state index contributed by atoms with van der Waals surface area (Å²) in [6.07, 6.45) is 6.36. The lowest BCUT2D eigenvalue weighted by molar-refractivity contribution is -0.135. The van der Waals surface area contributed by atoms with Gasteiger partial charge in [-0.05, 0) is 74.9 Å². The third-order valence-corrected chi connectivity index (χ3v) is 7.59. The standard InChI is InChI=1S/C32H36N4O4/c1-4-22-20-29(37)36(31(24-11-9-10-21(2)18-24)34-32(38)26-14-7-8-17-33-26)35-30(22)23-15-16-27(39-3)28(19-23)40-25-12-5-6-13-25/h7-11,14-19,22,25,31H,4-6,12-13,20H2,1-3H3,(H,34,38). The fourth-order valence-corrected chi connectivity index (χ4v) is 5.42. The number of nitrogens with one attached hydrogen (secondary N) is 1. The Morgan fingerprint density at radius 1 is 1.07 bits per heavy atom. The largest absolute Gasteiger partial charge is 0.493 e. The van der Waals surface area contributed by atoms with Crippen molar-refractivity contribution in [1.82, 2.24) is 15.3 Å². The van der Waals surface area contributed by atoms with E-state index >= 15 is 0 Å². The summed E-state index contributed by atoms with van der Waals surface area (Å²) in [5.74, 6) is 0.756. The molecule has 2 aromatic carbocycles. The number of methoxy groups -OCH3 is 1. The van der Waals surface area contributed by atoms with Crippen LogP contribution in [0.3, 0.4) is 0 Å². The molecule has 8 heteroatoms. The van der Waals surface area contributed by atoms with Crippen LogP contribution in [0.25, 0.3) is 0 Å². The number of pyridine rings is 1. The summed E-state index contributed by atoms with van der Waals surface area (Å²) < 4.78 is 12.0. The first-order chi connectivity index (χ1) is 19.5. The molecule has 2 aliphatic rings. The van der Waals surface area contributed by atoms with Crippen LogP contribution in [-0.4, -0.2) is 40.7 Å². The molecule has 1 fully saturated rings. The van der Waals surface area contributed by atoms with Gasteiger partial charge in [-0.3, -0.25) is 14.6 Å². The molecule has 2 atom stereocenters. The fourth-order valence-electron chi connectivity index (χ4n) is 5.42. The molecule has 40 heavy (non-hydrogen) atoms. The molecule has 0 saturated heterocycles. The van der Waals surface area contributed by atoms with Crippen LogP contribution in [0, 0.1) is 12.8 Å². The van der Waals surface area contributed by atoms with Gasteiger partial charge in [-0.2, -0.15) is 5.10 Å². The Bertz CT molecular complexity index is 1380. The van der Waals surface area contributed by atoms with Crippen LogP contribution < -0.4 is 14.8 Å². The summed E-state index contributed by atoms with van der Waals surface area (Å²) in [6, 6.07) is 18.7. The molecular formula is C32H36N4O4. The van der Waals surface area contributed by atoms with Crippen molar-refractivity contribution < 1.29 is 19.1 Å². The first kappa shape index (κ1) is 27.4. The smallest absolute Gasteiger partial charge is 0.271 e. The van der Waals surface area contributed by atoms with Gasteiger partial charge in [0, 0.05) is 24.1 Å². The average Bonchev–Trinajstić information content (AvgIpc) is 3.49. The number of hydrogen-bond donors (Lipinski definition) is 1. The van der Waals surface area contributed by atoms with E-state index in [1.807, 2.05) is 49.4 Å². The average molecular weight is 541 g/mol. The lowest BCUT2D eigenvalue weighted by Gasteiger charge is -2.35. The monoisotopic (exact) mass is 540 g/mol. The van der Waals surface area contributed by atoms with Gasteiger partial charge in [0.2, 0.25) is 5.91 Å². The van der Waals surface area contributed by atoms with E-state index in [4.69, 9.17) is 14.6 Å². The van der Waals surface area contributed by atoms with Gasteiger partial charge < -0.3 is 14.8 Å². The first-order valence-corrected chi connectivity index (χ1v) is 14.0. The maximum Gasteiger partial charge on any atom is 0.271 e. The van der Waals surface area contributed by atoms with Crippen LogP contribution in [0.5, 0.6) is 11.5 Å². The molecule has 208 valence electrons. The van der Waals surface area contributed by atoms with E-state index in [1.54, 1.807) is 31.5 Å². The zero-order valence-electron chi connectivity index (χ0n) is 23.3. The van der Waals surface area contributed by atoms with Gasteiger partial charge in [0.15, 0.2) is 17.7 Å². The quantitative estimate of drug-likeness (QED) is 0.370. The highest BCUT2D eigenvalue weighted by Gasteiger charge is 2.35. The summed E-state index contributed by atoms with van der Waals surface area (Å²) in [5.41, 5.74) is 3.70. The lowest BCUT2D eigenvalue weighted by atomic mass is 9.89. The van der Waals surface area contributed by atoms with Crippen LogP contribution in [0.2, 0.25) is 0 Å². The molecule has 0 radical (unpaired) electrons. The molecule has 5 rings (SSSR count). The number of ether oxygens (including phenoxy) is 2. The van der Waals surface area contributed by atoms with Gasteiger partial charge in [0.25, 0.3) is 5.91 Å². The van der Waals surface area contributed by atoms with Crippen LogP contribution in [-0.2, 0) is 4.79 Å². The number of carbonyl (C=O) groups excluding carboxylic acids is 2. The molecule has 1 N–H and O–H groups in total.